The molecule has 0 saturated carbocycles. The number of nitrogens with one attached hydrogen (secondary N) is 1. The van der Waals surface area contributed by atoms with Crippen LogP contribution in [-0.4, -0.2) is 37.8 Å². The van der Waals surface area contributed by atoms with Crippen LogP contribution in [0.1, 0.15) is 44.6 Å². The number of ether oxygens (including phenoxy) is 1. The van der Waals surface area contributed by atoms with Crippen molar-refractivity contribution < 1.29 is 4.74 Å². The summed E-state index contributed by atoms with van der Waals surface area (Å²) in [6.07, 6.45) is 8.39. The maximum absolute atomic E-state index is 5.09. The van der Waals surface area contributed by atoms with Crippen LogP contribution in [-0.2, 0) is 11.3 Å². The zero-order valence-electron chi connectivity index (χ0n) is 13.5. The molecule has 4 heteroatoms. The summed E-state index contributed by atoms with van der Waals surface area (Å²) in [4.78, 5) is 7.23. The Kier molecular flexibility index (Phi) is 6.96. The number of nitrogens with zero attached hydrogens (tertiary/aromatic N) is 2. The van der Waals surface area contributed by atoms with Crippen LogP contribution in [0, 0.1) is 0 Å². The van der Waals surface area contributed by atoms with Crippen LogP contribution in [0.3, 0.4) is 0 Å². The fourth-order valence-corrected chi connectivity index (χ4v) is 3.14. The minimum Gasteiger partial charge on any atom is -0.383 e. The van der Waals surface area contributed by atoms with Crippen molar-refractivity contribution in [2.75, 3.05) is 31.7 Å². The first kappa shape index (κ1) is 16.2. The van der Waals surface area contributed by atoms with E-state index in [1.54, 1.807) is 7.11 Å². The van der Waals surface area contributed by atoms with Gasteiger partial charge >= 0.3 is 0 Å². The molecular weight excluding hydrogens is 262 g/mol. The van der Waals surface area contributed by atoms with Crippen LogP contribution in [0.2, 0.25) is 0 Å². The molecule has 2 heterocycles. The molecule has 118 valence electrons. The van der Waals surface area contributed by atoms with Crippen LogP contribution in [0.5, 0.6) is 0 Å². The second-order valence-electron chi connectivity index (χ2n) is 5.79. The molecule has 2 rings (SSSR count). The Morgan fingerprint density at radius 1 is 1.43 bits per heavy atom. The quantitative estimate of drug-likeness (QED) is 0.747. The summed E-state index contributed by atoms with van der Waals surface area (Å²) >= 11 is 0. The van der Waals surface area contributed by atoms with Crippen molar-refractivity contribution in [3.05, 3.63) is 23.9 Å². The van der Waals surface area contributed by atoms with Crippen LogP contribution in [0.4, 0.5) is 5.82 Å². The standard InChI is InChI=1S/C17H29N3O/c1-3-7-16-9-4-5-12-20(16)17-15(8-6-10-19-17)14-18-11-13-21-2/h6,8,10,16,18H,3-5,7,9,11-14H2,1-2H3. The SMILES string of the molecule is CCCC1CCCCN1c1ncccc1CNCCOC. The highest BCUT2D eigenvalue weighted by Gasteiger charge is 2.24. The number of pyridine rings is 1. The van der Waals surface area contributed by atoms with Crippen molar-refractivity contribution in [3.8, 4) is 0 Å². The fraction of sp³-hybridized carbons (Fsp3) is 0.706. The summed E-state index contributed by atoms with van der Waals surface area (Å²) in [5.41, 5.74) is 1.30. The molecule has 1 atom stereocenters. The number of aromatic nitrogens is 1. The molecule has 1 aromatic heterocycles. The Labute approximate surface area is 128 Å². The van der Waals surface area contributed by atoms with Gasteiger partial charge < -0.3 is 15.0 Å². The normalized spacial score (nSPS) is 19.0. The Bertz CT molecular complexity index is 409. The Morgan fingerprint density at radius 3 is 3.14 bits per heavy atom. The van der Waals surface area contributed by atoms with Gasteiger partial charge in [0.1, 0.15) is 5.82 Å². The lowest BCUT2D eigenvalue weighted by atomic mass is 9.97. The maximum atomic E-state index is 5.09. The fourth-order valence-electron chi connectivity index (χ4n) is 3.14. The maximum Gasteiger partial charge on any atom is 0.133 e. The summed E-state index contributed by atoms with van der Waals surface area (Å²) in [6, 6.07) is 4.89. The molecule has 0 bridgehead atoms. The van der Waals surface area contributed by atoms with Crippen LogP contribution >= 0.6 is 0 Å². The average Bonchev–Trinajstić information content (AvgIpc) is 2.53. The minimum absolute atomic E-state index is 0.663. The van der Waals surface area contributed by atoms with Crippen molar-refractivity contribution >= 4 is 5.82 Å². The number of anilines is 1. The van der Waals surface area contributed by atoms with Gasteiger partial charge in [0.15, 0.2) is 0 Å². The van der Waals surface area contributed by atoms with E-state index in [4.69, 9.17) is 4.74 Å². The van der Waals surface area contributed by atoms with E-state index in [-0.39, 0.29) is 0 Å². The van der Waals surface area contributed by atoms with E-state index >= 15 is 0 Å². The third kappa shape index (κ3) is 4.68. The summed E-state index contributed by atoms with van der Waals surface area (Å²) in [6.45, 7) is 5.91. The van der Waals surface area contributed by atoms with Crippen molar-refractivity contribution in [2.24, 2.45) is 0 Å². The lowest BCUT2D eigenvalue weighted by Gasteiger charge is -2.37. The van der Waals surface area contributed by atoms with E-state index in [9.17, 15) is 0 Å². The largest absolute Gasteiger partial charge is 0.383 e. The zero-order valence-corrected chi connectivity index (χ0v) is 13.5. The van der Waals surface area contributed by atoms with Gasteiger partial charge in [0.2, 0.25) is 0 Å². The van der Waals surface area contributed by atoms with Crippen molar-refractivity contribution in [2.45, 2.75) is 51.6 Å². The van der Waals surface area contributed by atoms with Crippen LogP contribution in [0.25, 0.3) is 0 Å². The highest BCUT2D eigenvalue weighted by Crippen LogP contribution is 2.28. The van der Waals surface area contributed by atoms with Gasteiger partial charge in [-0.3, -0.25) is 0 Å². The van der Waals surface area contributed by atoms with E-state index in [1.165, 1.54) is 43.5 Å². The van der Waals surface area contributed by atoms with Gasteiger partial charge in [-0.25, -0.2) is 4.98 Å². The second kappa shape index (κ2) is 9.00. The summed E-state index contributed by atoms with van der Waals surface area (Å²) < 4.78 is 5.09. The molecule has 0 amide bonds. The van der Waals surface area contributed by atoms with Gasteiger partial charge in [-0.05, 0) is 31.7 Å². The van der Waals surface area contributed by atoms with Gasteiger partial charge in [0.25, 0.3) is 0 Å². The minimum atomic E-state index is 0.663. The molecule has 0 aromatic carbocycles. The number of piperidine rings is 1. The molecule has 0 spiro atoms. The van der Waals surface area contributed by atoms with Gasteiger partial charge in [0.05, 0.1) is 6.61 Å². The van der Waals surface area contributed by atoms with E-state index in [2.05, 4.69) is 28.2 Å². The molecule has 1 unspecified atom stereocenters. The van der Waals surface area contributed by atoms with E-state index in [1.807, 2.05) is 12.3 Å². The Hall–Kier alpha value is -1.13. The summed E-state index contributed by atoms with van der Waals surface area (Å²) in [5.74, 6) is 1.18. The third-order valence-corrected chi connectivity index (χ3v) is 4.19. The molecule has 21 heavy (non-hydrogen) atoms. The predicted octanol–water partition coefficient (Wildman–Crippen LogP) is 2.98. The number of hydrogen-bond acceptors (Lipinski definition) is 4. The van der Waals surface area contributed by atoms with Crippen LogP contribution < -0.4 is 10.2 Å². The van der Waals surface area contributed by atoms with E-state index in [0.717, 1.165) is 26.2 Å². The molecule has 1 saturated heterocycles. The molecule has 1 aliphatic heterocycles. The van der Waals surface area contributed by atoms with Crippen molar-refractivity contribution in [3.63, 3.8) is 0 Å². The molecule has 0 aliphatic carbocycles. The van der Waals surface area contributed by atoms with Gasteiger partial charge in [-0.1, -0.05) is 19.4 Å². The van der Waals surface area contributed by atoms with Crippen molar-refractivity contribution in [1.82, 2.24) is 10.3 Å². The summed E-state index contributed by atoms with van der Waals surface area (Å²) in [5, 5.41) is 3.44. The van der Waals surface area contributed by atoms with Gasteiger partial charge in [0, 0.05) is 44.5 Å². The van der Waals surface area contributed by atoms with Gasteiger partial charge in [-0.15, -0.1) is 0 Å². The molecule has 1 aromatic rings. The van der Waals surface area contributed by atoms with Crippen LogP contribution in [0.15, 0.2) is 18.3 Å². The number of hydrogen-bond donors (Lipinski definition) is 1. The molecule has 1 fully saturated rings. The molecular formula is C17H29N3O. The average molecular weight is 291 g/mol. The lowest BCUT2D eigenvalue weighted by molar-refractivity contribution is 0.199. The summed E-state index contributed by atoms with van der Waals surface area (Å²) in [7, 11) is 1.74. The van der Waals surface area contributed by atoms with E-state index < -0.39 is 0 Å². The highest BCUT2D eigenvalue weighted by atomic mass is 16.5. The first-order valence-electron chi connectivity index (χ1n) is 8.27. The first-order valence-corrected chi connectivity index (χ1v) is 8.27. The second-order valence-corrected chi connectivity index (χ2v) is 5.79. The van der Waals surface area contributed by atoms with Gasteiger partial charge in [-0.2, -0.15) is 0 Å². The molecule has 1 N–H and O–H groups in total. The monoisotopic (exact) mass is 291 g/mol. The lowest BCUT2D eigenvalue weighted by Crippen LogP contribution is -2.40. The molecule has 0 radical (unpaired) electrons. The smallest absolute Gasteiger partial charge is 0.133 e. The number of methoxy groups -OCH3 is 1. The molecule has 4 nitrogen and oxygen atoms in total. The topological polar surface area (TPSA) is 37.4 Å². The highest BCUT2D eigenvalue weighted by molar-refractivity contribution is 5.48. The Morgan fingerprint density at radius 2 is 2.33 bits per heavy atom. The zero-order chi connectivity index (χ0) is 14.9. The third-order valence-electron chi connectivity index (χ3n) is 4.19. The molecule has 1 aliphatic rings. The predicted molar refractivity (Wildman–Crippen MR) is 87.7 cm³/mol. The van der Waals surface area contributed by atoms with E-state index in [0.29, 0.717) is 6.04 Å². The number of rotatable bonds is 8. The Balaban J connectivity index is 2.06. The first-order chi connectivity index (χ1) is 10.4. The van der Waals surface area contributed by atoms with Crippen molar-refractivity contribution in [1.29, 1.82) is 0 Å².